The first-order valence-electron chi connectivity index (χ1n) is 5.37. The molecule has 3 heteroatoms. The fourth-order valence-corrected chi connectivity index (χ4v) is 1.92. The summed E-state index contributed by atoms with van der Waals surface area (Å²) in [6.07, 6.45) is -0.618. The number of rotatable bonds is 4. The Bertz CT molecular complexity index is 471. The minimum absolute atomic E-state index is 0.250. The van der Waals surface area contributed by atoms with Gasteiger partial charge in [-0.25, -0.2) is 0 Å². The number of para-hydroxylation sites is 1. The molecule has 1 unspecified atom stereocenters. The zero-order valence-corrected chi connectivity index (χ0v) is 10.8. The van der Waals surface area contributed by atoms with Crippen LogP contribution in [0.1, 0.15) is 11.7 Å². The predicted octanol–water partition coefficient (Wildman–Crippen LogP) is 3.56. The van der Waals surface area contributed by atoms with E-state index in [9.17, 15) is 5.11 Å². The molecule has 17 heavy (non-hydrogen) atoms. The van der Waals surface area contributed by atoms with E-state index in [4.69, 9.17) is 4.74 Å². The molecule has 0 fully saturated rings. The Morgan fingerprint density at radius 3 is 2.53 bits per heavy atom. The Labute approximate surface area is 109 Å². The summed E-state index contributed by atoms with van der Waals surface area (Å²) < 4.78 is 6.45. The summed E-state index contributed by atoms with van der Waals surface area (Å²) in [5.74, 6) is 0.765. The van der Waals surface area contributed by atoms with Crippen molar-refractivity contribution in [2.24, 2.45) is 0 Å². The zero-order chi connectivity index (χ0) is 12.1. The average molecular weight is 293 g/mol. The van der Waals surface area contributed by atoms with Crippen LogP contribution < -0.4 is 4.74 Å². The number of halogens is 1. The molecule has 0 aliphatic carbocycles. The standard InChI is InChI=1S/C14H13BrO2/c15-12-6-4-5-11(9-12)14(16)10-17-13-7-2-1-3-8-13/h1-9,14,16H,10H2. The normalized spacial score (nSPS) is 12.1. The van der Waals surface area contributed by atoms with E-state index in [0.29, 0.717) is 0 Å². The first-order chi connectivity index (χ1) is 8.25. The molecule has 2 rings (SSSR count). The molecule has 1 atom stereocenters. The van der Waals surface area contributed by atoms with Crippen LogP contribution in [0.4, 0.5) is 0 Å². The van der Waals surface area contributed by atoms with Gasteiger partial charge in [0.2, 0.25) is 0 Å². The first-order valence-corrected chi connectivity index (χ1v) is 6.16. The van der Waals surface area contributed by atoms with E-state index in [0.717, 1.165) is 15.8 Å². The summed E-state index contributed by atoms with van der Waals surface area (Å²) in [6.45, 7) is 0.250. The van der Waals surface area contributed by atoms with Gasteiger partial charge in [-0.1, -0.05) is 46.3 Å². The molecule has 0 heterocycles. The van der Waals surface area contributed by atoms with E-state index in [1.54, 1.807) is 0 Å². The van der Waals surface area contributed by atoms with Gasteiger partial charge in [0.15, 0.2) is 0 Å². The van der Waals surface area contributed by atoms with Crippen molar-refractivity contribution >= 4 is 15.9 Å². The molecule has 2 aromatic rings. The highest BCUT2D eigenvalue weighted by Crippen LogP contribution is 2.19. The van der Waals surface area contributed by atoms with Gasteiger partial charge in [-0.2, -0.15) is 0 Å². The number of hydrogen-bond donors (Lipinski definition) is 1. The molecular formula is C14H13BrO2. The molecule has 0 aliphatic heterocycles. The van der Waals surface area contributed by atoms with Crippen LogP contribution in [0.25, 0.3) is 0 Å². The van der Waals surface area contributed by atoms with Crippen LogP contribution in [0.15, 0.2) is 59.1 Å². The monoisotopic (exact) mass is 292 g/mol. The average Bonchev–Trinajstić information content (AvgIpc) is 2.37. The predicted molar refractivity (Wildman–Crippen MR) is 71.0 cm³/mol. The lowest BCUT2D eigenvalue weighted by molar-refractivity contribution is 0.108. The quantitative estimate of drug-likeness (QED) is 0.934. The second-order valence-corrected chi connectivity index (χ2v) is 4.61. The van der Waals surface area contributed by atoms with E-state index in [1.165, 1.54) is 0 Å². The summed E-state index contributed by atoms with van der Waals surface area (Å²) >= 11 is 3.37. The molecular weight excluding hydrogens is 280 g/mol. The van der Waals surface area contributed by atoms with Gasteiger partial charge in [0.25, 0.3) is 0 Å². The lowest BCUT2D eigenvalue weighted by Gasteiger charge is -2.12. The number of ether oxygens (including phenoxy) is 1. The summed E-state index contributed by atoms with van der Waals surface area (Å²) in [5, 5.41) is 9.96. The molecule has 0 saturated heterocycles. The van der Waals surface area contributed by atoms with Crippen molar-refractivity contribution in [2.45, 2.75) is 6.10 Å². The number of benzene rings is 2. The highest BCUT2D eigenvalue weighted by atomic mass is 79.9. The minimum Gasteiger partial charge on any atom is -0.491 e. The molecule has 2 nitrogen and oxygen atoms in total. The third-order valence-electron chi connectivity index (χ3n) is 2.38. The van der Waals surface area contributed by atoms with E-state index in [-0.39, 0.29) is 6.61 Å². The van der Waals surface area contributed by atoms with Gasteiger partial charge in [0.05, 0.1) is 0 Å². The minimum atomic E-state index is -0.618. The SMILES string of the molecule is OC(COc1ccccc1)c1cccc(Br)c1. The number of aliphatic hydroxyl groups is 1. The third-order valence-corrected chi connectivity index (χ3v) is 2.88. The molecule has 0 aliphatic rings. The second-order valence-electron chi connectivity index (χ2n) is 3.69. The van der Waals surface area contributed by atoms with Crippen LogP contribution in [0.3, 0.4) is 0 Å². The van der Waals surface area contributed by atoms with Crippen LogP contribution in [0.5, 0.6) is 5.75 Å². The van der Waals surface area contributed by atoms with Gasteiger partial charge >= 0.3 is 0 Å². The Hall–Kier alpha value is -1.32. The molecule has 0 amide bonds. The van der Waals surface area contributed by atoms with E-state index in [1.807, 2.05) is 54.6 Å². The smallest absolute Gasteiger partial charge is 0.119 e. The van der Waals surface area contributed by atoms with Crippen molar-refractivity contribution in [3.05, 3.63) is 64.6 Å². The Balaban J connectivity index is 1.96. The Morgan fingerprint density at radius 1 is 1.06 bits per heavy atom. The maximum Gasteiger partial charge on any atom is 0.119 e. The summed E-state index contributed by atoms with van der Waals surface area (Å²) in [7, 11) is 0. The van der Waals surface area contributed by atoms with Gasteiger partial charge in [-0.05, 0) is 29.8 Å². The largest absolute Gasteiger partial charge is 0.491 e. The van der Waals surface area contributed by atoms with Crippen LogP contribution in [-0.4, -0.2) is 11.7 Å². The molecule has 0 saturated carbocycles. The van der Waals surface area contributed by atoms with Crippen LogP contribution in [-0.2, 0) is 0 Å². The van der Waals surface area contributed by atoms with Crippen molar-refractivity contribution < 1.29 is 9.84 Å². The highest BCUT2D eigenvalue weighted by Gasteiger charge is 2.08. The fraction of sp³-hybridized carbons (Fsp3) is 0.143. The number of aliphatic hydroxyl groups excluding tert-OH is 1. The van der Waals surface area contributed by atoms with Gasteiger partial charge in [0, 0.05) is 4.47 Å². The lowest BCUT2D eigenvalue weighted by Crippen LogP contribution is -2.09. The topological polar surface area (TPSA) is 29.5 Å². The maximum absolute atomic E-state index is 9.96. The molecule has 1 N–H and O–H groups in total. The van der Waals surface area contributed by atoms with Crippen LogP contribution >= 0.6 is 15.9 Å². The number of hydrogen-bond acceptors (Lipinski definition) is 2. The van der Waals surface area contributed by atoms with Gasteiger partial charge in [-0.3, -0.25) is 0 Å². The fourth-order valence-electron chi connectivity index (χ4n) is 1.50. The summed E-state index contributed by atoms with van der Waals surface area (Å²) in [6, 6.07) is 17.1. The lowest BCUT2D eigenvalue weighted by atomic mass is 10.1. The molecule has 0 spiro atoms. The van der Waals surface area contributed by atoms with E-state index < -0.39 is 6.10 Å². The van der Waals surface area contributed by atoms with Gasteiger partial charge in [-0.15, -0.1) is 0 Å². The van der Waals surface area contributed by atoms with Crippen molar-refractivity contribution in [1.82, 2.24) is 0 Å². The Morgan fingerprint density at radius 2 is 1.82 bits per heavy atom. The highest BCUT2D eigenvalue weighted by molar-refractivity contribution is 9.10. The van der Waals surface area contributed by atoms with Crippen LogP contribution in [0, 0.1) is 0 Å². The zero-order valence-electron chi connectivity index (χ0n) is 9.21. The first kappa shape index (κ1) is 12.1. The van der Waals surface area contributed by atoms with Crippen LogP contribution in [0.2, 0.25) is 0 Å². The van der Waals surface area contributed by atoms with Crippen molar-refractivity contribution in [3.63, 3.8) is 0 Å². The molecule has 88 valence electrons. The molecule has 0 bridgehead atoms. The summed E-state index contributed by atoms with van der Waals surface area (Å²) in [5.41, 5.74) is 0.843. The van der Waals surface area contributed by atoms with Gasteiger partial charge in [0.1, 0.15) is 18.5 Å². The van der Waals surface area contributed by atoms with Gasteiger partial charge < -0.3 is 9.84 Å². The van der Waals surface area contributed by atoms with Crippen molar-refractivity contribution in [1.29, 1.82) is 0 Å². The van der Waals surface area contributed by atoms with E-state index in [2.05, 4.69) is 15.9 Å². The third kappa shape index (κ3) is 3.58. The van der Waals surface area contributed by atoms with Crippen molar-refractivity contribution in [2.75, 3.05) is 6.61 Å². The Kier molecular flexibility index (Phi) is 4.18. The van der Waals surface area contributed by atoms with E-state index >= 15 is 0 Å². The maximum atomic E-state index is 9.96. The summed E-state index contributed by atoms with van der Waals surface area (Å²) in [4.78, 5) is 0. The molecule has 2 aromatic carbocycles. The molecule has 0 radical (unpaired) electrons. The second kappa shape index (κ2) is 5.84. The molecule has 0 aromatic heterocycles. The van der Waals surface area contributed by atoms with Crippen molar-refractivity contribution in [3.8, 4) is 5.75 Å².